The van der Waals surface area contributed by atoms with E-state index in [4.69, 9.17) is 5.11 Å². The maximum absolute atomic E-state index is 11.6. The van der Waals surface area contributed by atoms with Gasteiger partial charge in [-0.15, -0.1) is 0 Å². The number of aliphatic carboxylic acids is 1. The van der Waals surface area contributed by atoms with Crippen LogP contribution in [0, 0.1) is 17.8 Å². The van der Waals surface area contributed by atoms with E-state index in [1.165, 1.54) is 0 Å². The fraction of sp³-hybridized carbons (Fsp3) is 0.867. The number of carboxylic acid groups (broad SMARTS) is 1. The van der Waals surface area contributed by atoms with Gasteiger partial charge in [-0.2, -0.15) is 0 Å². The standard InChI is InChI=1S/C15H28N2O3/c1-11(2)4-3-9-16-15(20)17-10-12-5-7-13(8-6-12)14(18)19/h11-13H,3-10H2,1-2H3,(H,18,19)(H2,16,17,20). The second kappa shape index (κ2) is 8.82. The molecule has 2 amide bonds. The molecule has 0 unspecified atom stereocenters. The zero-order valence-corrected chi connectivity index (χ0v) is 12.7. The predicted molar refractivity (Wildman–Crippen MR) is 78.6 cm³/mol. The van der Waals surface area contributed by atoms with Gasteiger partial charge in [0.05, 0.1) is 5.92 Å². The van der Waals surface area contributed by atoms with Crippen molar-refractivity contribution in [2.45, 2.75) is 52.4 Å². The molecule has 1 fully saturated rings. The van der Waals surface area contributed by atoms with Crippen LogP contribution in [0.1, 0.15) is 52.4 Å². The number of rotatable bonds is 7. The zero-order valence-electron chi connectivity index (χ0n) is 12.7. The first-order valence-corrected chi connectivity index (χ1v) is 7.73. The monoisotopic (exact) mass is 284 g/mol. The number of hydrogen-bond acceptors (Lipinski definition) is 2. The molecule has 1 aliphatic carbocycles. The van der Waals surface area contributed by atoms with Crippen molar-refractivity contribution in [3.05, 3.63) is 0 Å². The van der Waals surface area contributed by atoms with Crippen molar-refractivity contribution < 1.29 is 14.7 Å². The molecule has 1 saturated carbocycles. The van der Waals surface area contributed by atoms with Crippen LogP contribution in [0.4, 0.5) is 4.79 Å². The number of nitrogens with one attached hydrogen (secondary N) is 2. The molecule has 20 heavy (non-hydrogen) atoms. The largest absolute Gasteiger partial charge is 0.481 e. The third-order valence-corrected chi connectivity index (χ3v) is 3.99. The maximum Gasteiger partial charge on any atom is 0.314 e. The Balaban J connectivity index is 2.06. The van der Waals surface area contributed by atoms with Crippen molar-refractivity contribution in [2.75, 3.05) is 13.1 Å². The van der Waals surface area contributed by atoms with Crippen molar-refractivity contribution in [3.63, 3.8) is 0 Å². The highest BCUT2D eigenvalue weighted by atomic mass is 16.4. The Bertz CT molecular complexity index is 310. The van der Waals surface area contributed by atoms with E-state index in [2.05, 4.69) is 24.5 Å². The van der Waals surface area contributed by atoms with Crippen LogP contribution in [0.25, 0.3) is 0 Å². The average Bonchev–Trinajstić information content (AvgIpc) is 2.41. The molecule has 5 heteroatoms. The molecule has 5 nitrogen and oxygen atoms in total. The van der Waals surface area contributed by atoms with Gasteiger partial charge >= 0.3 is 12.0 Å². The summed E-state index contributed by atoms with van der Waals surface area (Å²) in [5.74, 6) is 0.228. The van der Waals surface area contributed by atoms with Crippen molar-refractivity contribution in [2.24, 2.45) is 17.8 Å². The first-order valence-electron chi connectivity index (χ1n) is 7.73. The molecule has 0 aromatic heterocycles. The van der Waals surface area contributed by atoms with Gasteiger partial charge in [0.25, 0.3) is 0 Å². The molecule has 1 rings (SSSR count). The van der Waals surface area contributed by atoms with E-state index in [0.717, 1.165) is 45.1 Å². The summed E-state index contributed by atoms with van der Waals surface area (Å²) < 4.78 is 0. The molecule has 3 N–H and O–H groups in total. The third-order valence-electron chi connectivity index (χ3n) is 3.99. The molecular formula is C15H28N2O3. The van der Waals surface area contributed by atoms with E-state index in [1.807, 2.05) is 0 Å². The number of hydrogen-bond donors (Lipinski definition) is 3. The van der Waals surface area contributed by atoms with Crippen LogP contribution in [0.5, 0.6) is 0 Å². The number of carbonyl (C=O) groups excluding carboxylic acids is 1. The molecular weight excluding hydrogens is 256 g/mol. The summed E-state index contributed by atoms with van der Waals surface area (Å²) in [5.41, 5.74) is 0. The lowest BCUT2D eigenvalue weighted by molar-refractivity contribution is -0.143. The Labute approximate surface area is 121 Å². The van der Waals surface area contributed by atoms with Crippen LogP contribution >= 0.6 is 0 Å². The lowest BCUT2D eigenvalue weighted by atomic mass is 9.82. The Morgan fingerprint density at radius 1 is 1.15 bits per heavy atom. The zero-order chi connectivity index (χ0) is 15.0. The van der Waals surface area contributed by atoms with Crippen molar-refractivity contribution in [3.8, 4) is 0 Å². The molecule has 0 atom stereocenters. The summed E-state index contributed by atoms with van der Waals surface area (Å²) in [6.45, 7) is 5.72. The van der Waals surface area contributed by atoms with Crippen LogP contribution in [0.2, 0.25) is 0 Å². The lowest BCUT2D eigenvalue weighted by Crippen LogP contribution is -2.39. The van der Waals surface area contributed by atoms with E-state index < -0.39 is 5.97 Å². The maximum atomic E-state index is 11.6. The Hall–Kier alpha value is -1.26. The summed E-state index contributed by atoms with van der Waals surface area (Å²) in [5, 5.41) is 14.7. The summed E-state index contributed by atoms with van der Waals surface area (Å²) in [4.78, 5) is 22.4. The highest BCUT2D eigenvalue weighted by Gasteiger charge is 2.25. The van der Waals surface area contributed by atoms with Gasteiger partial charge in [-0.3, -0.25) is 4.79 Å². The van der Waals surface area contributed by atoms with Gasteiger partial charge in [0.15, 0.2) is 0 Å². The lowest BCUT2D eigenvalue weighted by Gasteiger charge is -2.26. The van der Waals surface area contributed by atoms with E-state index in [9.17, 15) is 9.59 Å². The number of urea groups is 1. The van der Waals surface area contributed by atoms with Gasteiger partial charge in [-0.05, 0) is 50.4 Å². The minimum atomic E-state index is -0.681. The topological polar surface area (TPSA) is 78.4 Å². The second-order valence-electron chi connectivity index (χ2n) is 6.23. The smallest absolute Gasteiger partial charge is 0.314 e. The molecule has 0 radical (unpaired) electrons. The van der Waals surface area contributed by atoms with Crippen molar-refractivity contribution in [1.82, 2.24) is 10.6 Å². The molecule has 0 spiro atoms. The van der Waals surface area contributed by atoms with Gasteiger partial charge in [-0.25, -0.2) is 4.79 Å². The van der Waals surface area contributed by atoms with Gasteiger partial charge in [0.2, 0.25) is 0 Å². The fourth-order valence-electron chi connectivity index (χ4n) is 2.63. The van der Waals surface area contributed by atoms with Crippen LogP contribution in [0.3, 0.4) is 0 Å². The number of carbonyl (C=O) groups is 2. The number of amides is 2. The first kappa shape index (κ1) is 16.8. The molecule has 0 aromatic rings. The Kier molecular flexibility index (Phi) is 7.41. The molecule has 1 aliphatic rings. The second-order valence-corrected chi connectivity index (χ2v) is 6.23. The summed E-state index contributed by atoms with van der Waals surface area (Å²) in [6, 6.07) is -0.103. The predicted octanol–water partition coefficient (Wildman–Crippen LogP) is 2.61. The first-order chi connectivity index (χ1) is 9.49. The van der Waals surface area contributed by atoms with E-state index in [0.29, 0.717) is 18.4 Å². The van der Waals surface area contributed by atoms with E-state index >= 15 is 0 Å². The van der Waals surface area contributed by atoms with Gasteiger partial charge in [0.1, 0.15) is 0 Å². The molecule has 0 heterocycles. The van der Waals surface area contributed by atoms with E-state index in [-0.39, 0.29) is 11.9 Å². The summed E-state index contributed by atoms with van der Waals surface area (Å²) in [7, 11) is 0. The summed E-state index contributed by atoms with van der Waals surface area (Å²) >= 11 is 0. The Morgan fingerprint density at radius 3 is 2.35 bits per heavy atom. The van der Waals surface area contributed by atoms with Crippen molar-refractivity contribution >= 4 is 12.0 Å². The summed E-state index contributed by atoms with van der Waals surface area (Å²) in [6.07, 6.45) is 5.39. The molecule has 0 aliphatic heterocycles. The SMILES string of the molecule is CC(C)CCCNC(=O)NCC1CCC(C(=O)O)CC1. The van der Waals surface area contributed by atoms with E-state index in [1.54, 1.807) is 0 Å². The minimum absolute atomic E-state index is 0.103. The van der Waals surface area contributed by atoms with Crippen LogP contribution in [-0.2, 0) is 4.79 Å². The molecule has 0 bridgehead atoms. The molecule has 0 saturated heterocycles. The van der Waals surface area contributed by atoms with Crippen LogP contribution in [-0.4, -0.2) is 30.2 Å². The average molecular weight is 284 g/mol. The van der Waals surface area contributed by atoms with Crippen molar-refractivity contribution in [1.29, 1.82) is 0 Å². The highest BCUT2D eigenvalue weighted by molar-refractivity contribution is 5.73. The molecule has 0 aromatic carbocycles. The molecule has 116 valence electrons. The fourth-order valence-corrected chi connectivity index (χ4v) is 2.63. The normalized spacial score (nSPS) is 22.6. The van der Waals surface area contributed by atoms with Crippen LogP contribution < -0.4 is 10.6 Å². The van der Waals surface area contributed by atoms with Crippen LogP contribution in [0.15, 0.2) is 0 Å². The van der Waals surface area contributed by atoms with Gasteiger partial charge in [-0.1, -0.05) is 13.8 Å². The minimum Gasteiger partial charge on any atom is -0.481 e. The third kappa shape index (κ3) is 6.78. The highest BCUT2D eigenvalue weighted by Crippen LogP contribution is 2.28. The van der Waals surface area contributed by atoms with Gasteiger partial charge < -0.3 is 15.7 Å². The quantitative estimate of drug-likeness (QED) is 0.629. The van der Waals surface area contributed by atoms with Gasteiger partial charge in [0, 0.05) is 13.1 Å². The Morgan fingerprint density at radius 2 is 1.80 bits per heavy atom. The number of carboxylic acids is 1.